The van der Waals surface area contributed by atoms with Crippen molar-refractivity contribution in [2.75, 3.05) is 7.11 Å². The third-order valence-corrected chi connectivity index (χ3v) is 2.62. The van der Waals surface area contributed by atoms with E-state index in [4.69, 9.17) is 4.84 Å². The molecule has 0 aliphatic carbocycles. The molecule has 2 rings (SSSR count). The first-order valence-corrected chi connectivity index (χ1v) is 5.54. The summed E-state index contributed by atoms with van der Waals surface area (Å²) >= 11 is 0. The lowest BCUT2D eigenvalue weighted by atomic mass is 9.99. The first kappa shape index (κ1) is 11.4. The Labute approximate surface area is 102 Å². The van der Waals surface area contributed by atoms with Crippen LogP contribution in [0.4, 0.5) is 0 Å². The van der Waals surface area contributed by atoms with Crippen molar-refractivity contribution in [2.24, 2.45) is 5.16 Å². The van der Waals surface area contributed by atoms with Crippen LogP contribution in [0, 0.1) is 6.92 Å². The molecule has 0 heterocycles. The summed E-state index contributed by atoms with van der Waals surface area (Å²) in [6.45, 7) is 2.09. The van der Waals surface area contributed by atoms with Crippen molar-refractivity contribution in [3.8, 4) is 11.1 Å². The van der Waals surface area contributed by atoms with Crippen LogP contribution in [0.2, 0.25) is 0 Å². The minimum absolute atomic E-state index is 1.05. The molecule has 2 nitrogen and oxygen atoms in total. The molecule has 0 aliphatic rings. The first-order chi connectivity index (χ1) is 8.31. The Kier molecular flexibility index (Phi) is 3.55. The number of rotatable bonds is 3. The van der Waals surface area contributed by atoms with E-state index >= 15 is 0 Å². The molecule has 17 heavy (non-hydrogen) atoms. The first-order valence-electron chi connectivity index (χ1n) is 5.54. The Morgan fingerprint density at radius 2 is 1.71 bits per heavy atom. The summed E-state index contributed by atoms with van der Waals surface area (Å²) in [5.41, 5.74) is 4.66. The van der Waals surface area contributed by atoms with Gasteiger partial charge < -0.3 is 4.84 Å². The van der Waals surface area contributed by atoms with Crippen molar-refractivity contribution in [3.63, 3.8) is 0 Å². The van der Waals surface area contributed by atoms with Crippen LogP contribution >= 0.6 is 0 Å². The van der Waals surface area contributed by atoms with Gasteiger partial charge in [-0.25, -0.2) is 0 Å². The van der Waals surface area contributed by atoms with Gasteiger partial charge in [0.2, 0.25) is 0 Å². The van der Waals surface area contributed by atoms with Crippen LogP contribution < -0.4 is 0 Å². The Hall–Kier alpha value is -2.09. The summed E-state index contributed by atoms with van der Waals surface area (Å²) in [6.07, 6.45) is 1.73. The Balaban J connectivity index is 2.44. The van der Waals surface area contributed by atoms with Gasteiger partial charge in [-0.15, -0.1) is 0 Å². The summed E-state index contributed by atoms with van der Waals surface area (Å²) in [5, 5.41) is 3.82. The average Bonchev–Trinajstić information content (AvgIpc) is 2.38. The number of benzene rings is 2. The maximum absolute atomic E-state index is 4.73. The Bertz CT molecular complexity index is 515. The third kappa shape index (κ3) is 2.72. The fourth-order valence-electron chi connectivity index (χ4n) is 1.72. The molecule has 0 saturated carbocycles. The molecular weight excluding hydrogens is 210 g/mol. The number of aryl methyl sites for hydroxylation is 1. The minimum Gasteiger partial charge on any atom is -0.399 e. The monoisotopic (exact) mass is 225 g/mol. The fraction of sp³-hybridized carbons (Fsp3) is 0.133. The summed E-state index contributed by atoms with van der Waals surface area (Å²) in [4.78, 5) is 4.73. The van der Waals surface area contributed by atoms with Crippen LogP contribution in [-0.4, -0.2) is 13.3 Å². The summed E-state index contributed by atoms with van der Waals surface area (Å²) < 4.78 is 0. The molecule has 86 valence electrons. The highest BCUT2D eigenvalue weighted by Gasteiger charge is 2.02. The molecular formula is C15H15NO. The number of hydrogen-bond acceptors (Lipinski definition) is 2. The van der Waals surface area contributed by atoms with Crippen LogP contribution in [0.5, 0.6) is 0 Å². The molecule has 0 atom stereocenters. The van der Waals surface area contributed by atoms with Crippen molar-refractivity contribution in [1.29, 1.82) is 0 Å². The molecule has 0 radical (unpaired) electrons. The van der Waals surface area contributed by atoms with E-state index in [2.05, 4.69) is 42.4 Å². The van der Waals surface area contributed by atoms with E-state index in [0.717, 1.165) is 11.1 Å². The third-order valence-electron chi connectivity index (χ3n) is 2.62. The van der Waals surface area contributed by atoms with E-state index in [0.29, 0.717) is 0 Å². The van der Waals surface area contributed by atoms with Crippen LogP contribution in [-0.2, 0) is 4.84 Å². The smallest absolute Gasteiger partial charge is 0.106 e. The van der Waals surface area contributed by atoms with E-state index in [1.165, 1.54) is 11.1 Å². The number of hydrogen-bond donors (Lipinski definition) is 0. The topological polar surface area (TPSA) is 21.6 Å². The Morgan fingerprint density at radius 3 is 2.41 bits per heavy atom. The van der Waals surface area contributed by atoms with E-state index < -0.39 is 0 Å². The van der Waals surface area contributed by atoms with Gasteiger partial charge in [0.05, 0.1) is 6.21 Å². The predicted molar refractivity (Wildman–Crippen MR) is 71.2 cm³/mol. The molecule has 0 amide bonds. The van der Waals surface area contributed by atoms with E-state index in [-0.39, 0.29) is 0 Å². The van der Waals surface area contributed by atoms with Gasteiger partial charge in [-0.05, 0) is 18.1 Å². The Morgan fingerprint density at radius 1 is 1.00 bits per heavy atom. The molecule has 0 spiro atoms. The van der Waals surface area contributed by atoms with E-state index in [1.54, 1.807) is 13.3 Å². The second-order valence-corrected chi connectivity index (χ2v) is 3.87. The molecule has 2 aromatic rings. The van der Waals surface area contributed by atoms with Gasteiger partial charge in [0, 0.05) is 5.56 Å². The van der Waals surface area contributed by atoms with Crippen molar-refractivity contribution in [2.45, 2.75) is 6.92 Å². The standard InChI is InChI=1S/C15H15NO/c1-12-7-9-13(10-8-12)15-6-4-3-5-14(15)11-16-17-2/h3-11H,1-2H3/b16-11+. The predicted octanol–water partition coefficient (Wildman–Crippen LogP) is 3.64. The zero-order chi connectivity index (χ0) is 12.1. The van der Waals surface area contributed by atoms with Gasteiger partial charge in [0.15, 0.2) is 0 Å². The summed E-state index contributed by atoms with van der Waals surface area (Å²) in [5.74, 6) is 0. The number of oxime groups is 1. The maximum atomic E-state index is 4.73. The highest BCUT2D eigenvalue weighted by molar-refractivity contribution is 5.90. The largest absolute Gasteiger partial charge is 0.399 e. The maximum Gasteiger partial charge on any atom is 0.106 e. The lowest BCUT2D eigenvalue weighted by Crippen LogP contribution is -1.88. The normalized spacial score (nSPS) is 10.7. The highest BCUT2D eigenvalue weighted by Crippen LogP contribution is 2.22. The van der Waals surface area contributed by atoms with Crippen LogP contribution in [0.3, 0.4) is 0 Å². The van der Waals surface area contributed by atoms with Gasteiger partial charge in [0.25, 0.3) is 0 Å². The molecule has 0 bridgehead atoms. The molecule has 0 fully saturated rings. The molecule has 0 aliphatic heterocycles. The van der Waals surface area contributed by atoms with Crippen molar-refractivity contribution >= 4 is 6.21 Å². The zero-order valence-corrected chi connectivity index (χ0v) is 10.1. The SMILES string of the molecule is CO/N=C/c1ccccc1-c1ccc(C)cc1. The minimum atomic E-state index is 1.05. The van der Waals surface area contributed by atoms with Gasteiger partial charge in [-0.1, -0.05) is 59.3 Å². The van der Waals surface area contributed by atoms with Gasteiger partial charge >= 0.3 is 0 Å². The molecule has 2 aromatic carbocycles. The molecule has 2 heteroatoms. The molecule has 0 unspecified atom stereocenters. The van der Waals surface area contributed by atoms with Gasteiger partial charge in [0.1, 0.15) is 7.11 Å². The van der Waals surface area contributed by atoms with Gasteiger partial charge in [-0.2, -0.15) is 0 Å². The quantitative estimate of drug-likeness (QED) is 0.577. The highest BCUT2D eigenvalue weighted by atomic mass is 16.6. The van der Waals surface area contributed by atoms with Crippen LogP contribution in [0.15, 0.2) is 53.7 Å². The summed E-state index contributed by atoms with van der Waals surface area (Å²) in [6, 6.07) is 16.6. The fourth-order valence-corrected chi connectivity index (χ4v) is 1.72. The zero-order valence-electron chi connectivity index (χ0n) is 10.1. The van der Waals surface area contributed by atoms with Crippen LogP contribution in [0.1, 0.15) is 11.1 Å². The second-order valence-electron chi connectivity index (χ2n) is 3.87. The molecule has 0 N–H and O–H groups in total. The lowest BCUT2D eigenvalue weighted by molar-refractivity contribution is 0.215. The molecule has 0 aromatic heterocycles. The van der Waals surface area contributed by atoms with Crippen LogP contribution in [0.25, 0.3) is 11.1 Å². The van der Waals surface area contributed by atoms with Crippen molar-refractivity contribution in [3.05, 3.63) is 59.7 Å². The molecule has 0 saturated heterocycles. The van der Waals surface area contributed by atoms with Crippen molar-refractivity contribution in [1.82, 2.24) is 0 Å². The van der Waals surface area contributed by atoms with Gasteiger partial charge in [-0.3, -0.25) is 0 Å². The second kappa shape index (κ2) is 5.30. The van der Waals surface area contributed by atoms with E-state index in [1.807, 2.05) is 18.2 Å². The lowest BCUT2D eigenvalue weighted by Gasteiger charge is -2.05. The van der Waals surface area contributed by atoms with E-state index in [9.17, 15) is 0 Å². The van der Waals surface area contributed by atoms with Crippen molar-refractivity contribution < 1.29 is 4.84 Å². The summed E-state index contributed by atoms with van der Waals surface area (Å²) in [7, 11) is 1.55. The average molecular weight is 225 g/mol. The number of nitrogens with zero attached hydrogens (tertiary/aromatic N) is 1.